The molecule has 1 aromatic carbocycles. The van der Waals surface area contributed by atoms with E-state index in [0.717, 1.165) is 8.95 Å². The Kier molecular flexibility index (Phi) is 6.11. The van der Waals surface area contributed by atoms with Gasteiger partial charge in [-0.2, -0.15) is 0 Å². The molecule has 3 N–H and O–H groups in total. The lowest BCUT2D eigenvalue weighted by Crippen LogP contribution is -2.19. The minimum Gasteiger partial charge on any atom is -0.495 e. The molecule has 1 amide bonds. The first kappa shape index (κ1) is 15.5. The number of methoxy groups -OCH3 is 1. The number of halogens is 2. The van der Waals surface area contributed by atoms with E-state index in [1.54, 1.807) is 13.2 Å². The highest BCUT2D eigenvalue weighted by Crippen LogP contribution is 2.34. The number of benzene rings is 1. The maximum Gasteiger partial charge on any atom is 0.224 e. The molecule has 1 unspecified atom stereocenters. The molecule has 1 aromatic rings. The maximum absolute atomic E-state index is 11.7. The molecule has 0 aliphatic rings. The fourth-order valence-electron chi connectivity index (χ4n) is 1.35. The Bertz CT molecular complexity index is 436. The minimum atomic E-state index is -0.0580. The number of amides is 1. The molecule has 4 nitrogen and oxygen atoms in total. The third-order valence-electron chi connectivity index (χ3n) is 2.34. The van der Waals surface area contributed by atoms with Crippen molar-refractivity contribution in [1.82, 2.24) is 0 Å². The van der Waals surface area contributed by atoms with Gasteiger partial charge in [0.25, 0.3) is 0 Å². The van der Waals surface area contributed by atoms with E-state index in [4.69, 9.17) is 10.5 Å². The van der Waals surface area contributed by atoms with Crippen molar-refractivity contribution in [3.05, 3.63) is 21.1 Å². The van der Waals surface area contributed by atoms with Crippen LogP contribution in [-0.4, -0.2) is 19.1 Å². The standard InChI is InChI=1S/C12H16Br2N2O2/c1-7(15)3-4-12(17)16-10-6-11(18-2)9(14)5-8(10)13/h5-7H,3-4,15H2,1-2H3,(H,16,17). The lowest BCUT2D eigenvalue weighted by atomic mass is 10.2. The van der Waals surface area contributed by atoms with Gasteiger partial charge < -0.3 is 15.8 Å². The zero-order chi connectivity index (χ0) is 13.7. The number of anilines is 1. The molecule has 18 heavy (non-hydrogen) atoms. The molecule has 0 spiro atoms. The summed E-state index contributed by atoms with van der Waals surface area (Å²) in [5.41, 5.74) is 6.30. The highest BCUT2D eigenvalue weighted by molar-refractivity contribution is 9.11. The third-order valence-corrected chi connectivity index (χ3v) is 3.62. The average Bonchev–Trinajstić information content (AvgIpc) is 2.30. The second-order valence-electron chi connectivity index (χ2n) is 4.03. The van der Waals surface area contributed by atoms with Crippen LogP contribution >= 0.6 is 31.9 Å². The summed E-state index contributed by atoms with van der Waals surface area (Å²) in [6.07, 6.45) is 1.07. The van der Waals surface area contributed by atoms with Crippen molar-refractivity contribution in [1.29, 1.82) is 0 Å². The molecule has 0 fully saturated rings. The smallest absolute Gasteiger partial charge is 0.224 e. The summed E-state index contributed by atoms with van der Waals surface area (Å²) in [6, 6.07) is 3.62. The zero-order valence-corrected chi connectivity index (χ0v) is 13.5. The van der Waals surface area contributed by atoms with Crippen LogP contribution < -0.4 is 15.8 Å². The van der Waals surface area contributed by atoms with E-state index in [0.29, 0.717) is 24.3 Å². The summed E-state index contributed by atoms with van der Waals surface area (Å²) in [4.78, 5) is 11.7. The average molecular weight is 380 g/mol. The van der Waals surface area contributed by atoms with E-state index in [1.807, 2.05) is 13.0 Å². The summed E-state index contributed by atoms with van der Waals surface area (Å²) in [5, 5.41) is 2.83. The number of nitrogens with one attached hydrogen (secondary N) is 1. The Hall–Kier alpha value is -0.590. The molecule has 0 aromatic heterocycles. The number of nitrogens with two attached hydrogens (primary N) is 1. The SMILES string of the molecule is COc1cc(NC(=O)CCC(C)N)c(Br)cc1Br. The van der Waals surface area contributed by atoms with Crippen molar-refractivity contribution in [2.75, 3.05) is 12.4 Å². The minimum absolute atomic E-state index is 0.0265. The molecule has 0 aliphatic heterocycles. The van der Waals surface area contributed by atoms with Crippen LogP contribution in [0.3, 0.4) is 0 Å². The van der Waals surface area contributed by atoms with Crippen LogP contribution in [0, 0.1) is 0 Å². The van der Waals surface area contributed by atoms with Crippen LogP contribution in [0.1, 0.15) is 19.8 Å². The van der Waals surface area contributed by atoms with Gasteiger partial charge in [-0.25, -0.2) is 0 Å². The molecule has 100 valence electrons. The molecule has 0 aliphatic carbocycles. The summed E-state index contributed by atoms with van der Waals surface area (Å²) < 4.78 is 6.80. The monoisotopic (exact) mass is 378 g/mol. The van der Waals surface area contributed by atoms with E-state index in [9.17, 15) is 4.79 Å². The number of ether oxygens (including phenoxy) is 1. The number of carbonyl (C=O) groups excluding carboxylic acids is 1. The van der Waals surface area contributed by atoms with Crippen molar-refractivity contribution in [3.8, 4) is 5.75 Å². The molecule has 6 heteroatoms. The Morgan fingerprint density at radius 3 is 2.67 bits per heavy atom. The normalized spacial score (nSPS) is 12.1. The third kappa shape index (κ3) is 4.59. The van der Waals surface area contributed by atoms with Gasteiger partial charge >= 0.3 is 0 Å². The van der Waals surface area contributed by atoms with Gasteiger partial charge in [-0.05, 0) is 51.3 Å². The van der Waals surface area contributed by atoms with Gasteiger partial charge in [-0.1, -0.05) is 0 Å². The topological polar surface area (TPSA) is 64.3 Å². The second kappa shape index (κ2) is 7.11. The predicted octanol–water partition coefficient (Wildman–Crippen LogP) is 3.29. The van der Waals surface area contributed by atoms with Crippen LogP contribution in [0.4, 0.5) is 5.69 Å². The summed E-state index contributed by atoms with van der Waals surface area (Å²) in [7, 11) is 1.58. The maximum atomic E-state index is 11.7. The summed E-state index contributed by atoms with van der Waals surface area (Å²) in [6.45, 7) is 1.88. The van der Waals surface area contributed by atoms with Crippen LogP contribution in [-0.2, 0) is 4.79 Å². The predicted molar refractivity (Wildman–Crippen MR) is 79.9 cm³/mol. The summed E-state index contributed by atoms with van der Waals surface area (Å²) in [5.74, 6) is 0.609. The quantitative estimate of drug-likeness (QED) is 0.824. The van der Waals surface area contributed by atoms with Gasteiger partial charge in [-0.3, -0.25) is 4.79 Å². The van der Waals surface area contributed by atoms with E-state index >= 15 is 0 Å². The zero-order valence-electron chi connectivity index (χ0n) is 10.3. The number of rotatable bonds is 5. The number of hydrogen-bond donors (Lipinski definition) is 2. The lowest BCUT2D eigenvalue weighted by molar-refractivity contribution is -0.116. The summed E-state index contributed by atoms with van der Waals surface area (Å²) >= 11 is 6.77. The first-order chi connectivity index (χ1) is 8.43. The van der Waals surface area contributed by atoms with Crippen LogP contribution in [0.2, 0.25) is 0 Å². The highest BCUT2D eigenvalue weighted by atomic mass is 79.9. The van der Waals surface area contributed by atoms with Crippen molar-refractivity contribution in [2.24, 2.45) is 5.73 Å². The van der Waals surface area contributed by atoms with Crippen molar-refractivity contribution in [2.45, 2.75) is 25.8 Å². The number of carbonyl (C=O) groups is 1. The molecule has 0 radical (unpaired) electrons. The molecular formula is C12H16Br2N2O2. The fraction of sp³-hybridized carbons (Fsp3) is 0.417. The lowest BCUT2D eigenvalue weighted by Gasteiger charge is -2.11. The van der Waals surface area contributed by atoms with Gasteiger partial charge in [0.1, 0.15) is 5.75 Å². The van der Waals surface area contributed by atoms with Crippen LogP contribution in [0.25, 0.3) is 0 Å². The van der Waals surface area contributed by atoms with Crippen molar-refractivity contribution in [3.63, 3.8) is 0 Å². The molecule has 0 bridgehead atoms. The van der Waals surface area contributed by atoms with E-state index in [2.05, 4.69) is 37.2 Å². The molecule has 1 atom stereocenters. The van der Waals surface area contributed by atoms with E-state index in [-0.39, 0.29) is 11.9 Å². The number of hydrogen-bond acceptors (Lipinski definition) is 3. The Morgan fingerprint density at radius 2 is 2.11 bits per heavy atom. The van der Waals surface area contributed by atoms with Gasteiger partial charge in [0.2, 0.25) is 5.91 Å². The van der Waals surface area contributed by atoms with Gasteiger partial charge in [-0.15, -0.1) is 0 Å². The fourth-order valence-corrected chi connectivity index (χ4v) is 2.61. The molecule has 0 saturated carbocycles. The Labute approximate surface area is 124 Å². The van der Waals surface area contributed by atoms with Crippen LogP contribution in [0.5, 0.6) is 5.75 Å². The van der Waals surface area contributed by atoms with Crippen molar-refractivity contribution >= 4 is 43.5 Å². The molecule has 0 heterocycles. The van der Waals surface area contributed by atoms with E-state index in [1.165, 1.54) is 0 Å². The van der Waals surface area contributed by atoms with E-state index < -0.39 is 0 Å². The second-order valence-corrected chi connectivity index (χ2v) is 5.74. The van der Waals surface area contributed by atoms with Gasteiger partial charge in [0.15, 0.2) is 0 Å². The highest BCUT2D eigenvalue weighted by Gasteiger charge is 2.10. The van der Waals surface area contributed by atoms with Crippen LogP contribution in [0.15, 0.2) is 21.1 Å². The van der Waals surface area contributed by atoms with Crippen molar-refractivity contribution < 1.29 is 9.53 Å². The first-order valence-corrected chi connectivity index (χ1v) is 7.11. The molecule has 1 rings (SSSR count). The van der Waals surface area contributed by atoms with Gasteiger partial charge in [0.05, 0.1) is 17.3 Å². The first-order valence-electron chi connectivity index (χ1n) is 5.52. The largest absolute Gasteiger partial charge is 0.495 e. The van der Waals surface area contributed by atoms with Gasteiger partial charge in [0, 0.05) is 23.0 Å². The molecule has 0 saturated heterocycles. The molecular weight excluding hydrogens is 364 g/mol. The Balaban J connectivity index is 2.75. The Morgan fingerprint density at radius 1 is 1.44 bits per heavy atom.